The number of nitrogens with one attached hydrogen (secondary N) is 2. The van der Waals surface area contributed by atoms with Gasteiger partial charge in [-0.3, -0.25) is 9.10 Å². The molecule has 0 fully saturated rings. The fraction of sp³-hybridized carbons (Fsp3) is 0.105. The van der Waals surface area contributed by atoms with Crippen LogP contribution in [0.1, 0.15) is 10.4 Å². The zero-order chi connectivity index (χ0) is 22.6. The minimum Gasteiger partial charge on any atom is -0.322 e. The standard InChI is InChI=1S/C19H19N5O5S2/c1-24(30(2,26)27)16-8-4-14(5-9-16)18(25)22-15-6-10-17(11-7-15)31(28,29)23-19-20-12-3-13-21-19/h3-13H,1-2H3,(H,22,25)(H,20,21,23). The Morgan fingerprint density at radius 3 is 2.03 bits per heavy atom. The predicted octanol–water partition coefficient (Wildman–Crippen LogP) is 1.93. The first-order chi connectivity index (χ1) is 14.6. The highest BCUT2D eigenvalue weighted by molar-refractivity contribution is 7.92. The highest BCUT2D eigenvalue weighted by Gasteiger charge is 2.16. The number of rotatable bonds is 7. The molecule has 0 bridgehead atoms. The third-order valence-electron chi connectivity index (χ3n) is 4.20. The lowest BCUT2D eigenvalue weighted by Gasteiger charge is -2.16. The molecule has 31 heavy (non-hydrogen) atoms. The molecule has 0 saturated carbocycles. The summed E-state index contributed by atoms with van der Waals surface area (Å²) < 4.78 is 51.3. The molecule has 10 nitrogen and oxygen atoms in total. The quantitative estimate of drug-likeness (QED) is 0.548. The van der Waals surface area contributed by atoms with Crippen molar-refractivity contribution in [1.29, 1.82) is 0 Å². The molecule has 162 valence electrons. The molecule has 1 amide bonds. The maximum atomic E-state index is 12.4. The van der Waals surface area contributed by atoms with Crippen LogP contribution in [0.5, 0.6) is 0 Å². The third kappa shape index (κ3) is 5.55. The summed E-state index contributed by atoms with van der Waals surface area (Å²) in [5.41, 5.74) is 1.12. The molecule has 0 spiro atoms. The molecule has 1 aromatic heterocycles. The van der Waals surface area contributed by atoms with Crippen molar-refractivity contribution in [1.82, 2.24) is 9.97 Å². The van der Waals surface area contributed by atoms with E-state index in [1.165, 1.54) is 68.0 Å². The summed E-state index contributed by atoms with van der Waals surface area (Å²) >= 11 is 0. The highest BCUT2D eigenvalue weighted by atomic mass is 32.2. The lowest BCUT2D eigenvalue weighted by molar-refractivity contribution is 0.102. The number of hydrogen-bond donors (Lipinski definition) is 2. The van der Waals surface area contributed by atoms with E-state index in [2.05, 4.69) is 20.0 Å². The number of benzene rings is 2. The van der Waals surface area contributed by atoms with Crippen LogP contribution in [0.25, 0.3) is 0 Å². The average Bonchev–Trinajstić information content (AvgIpc) is 2.73. The van der Waals surface area contributed by atoms with Crippen molar-refractivity contribution >= 4 is 43.3 Å². The van der Waals surface area contributed by atoms with Crippen molar-refractivity contribution in [2.24, 2.45) is 0 Å². The number of amides is 1. The normalized spacial score (nSPS) is 11.5. The van der Waals surface area contributed by atoms with Gasteiger partial charge in [-0.05, 0) is 54.6 Å². The number of carbonyl (C=O) groups is 1. The Bertz CT molecular complexity index is 1280. The molecule has 0 atom stereocenters. The molecule has 3 aromatic rings. The van der Waals surface area contributed by atoms with Gasteiger partial charge in [-0.25, -0.2) is 31.5 Å². The average molecular weight is 462 g/mol. The molecule has 1 heterocycles. The summed E-state index contributed by atoms with van der Waals surface area (Å²) in [4.78, 5) is 20.0. The van der Waals surface area contributed by atoms with Crippen LogP contribution in [0.2, 0.25) is 0 Å². The Labute approximate surface area is 180 Å². The predicted molar refractivity (Wildman–Crippen MR) is 117 cm³/mol. The molecule has 3 rings (SSSR count). The van der Waals surface area contributed by atoms with Gasteiger partial charge in [-0.15, -0.1) is 0 Å². The van der Waals surface area contributed by atoms with E-state index in [1.807, 2.05) is 0 Å². The van der Waals surface area contributed by atoms with Gasteiger partial charge in [0.05, 0.1) is 16.8 Å². The van der Waals surface area contributed by atoms with Crippen LogP contribution in [0.4, 0.5) is 17.3 Å². The Balaban J connectivity index is 1.69. The molecular formula is C19H19N5O5S2. The van der Waals surface area contributed by atoms with Gasteiger partial charge in [-0.2, -0.15) is 0 Å². The van der Waals surface area contributed by atoms with E-state index < -0.39 is 26.0 Å². The smallest absolute Gasteiger partial charge is 0.264 e. The van der Waals surface area contributed by atoms with E-state index in [1.54, 1.807) is 6.07 Å². The molecule has 0 radical (unpaired) electrons. The van der Waals surface area contributed by atoms with Crippen LogP contribution < -0.4 is 14.3 Å². The van der Waals surface area contributed by atoms with E-state index in [9.17, 15) is 21.6 Å². The van der Waals surface area contributed by atoms with Crippen LogP contribution in [0, 0.1) is 0 Å². The third-order valence-corrected chi connectivity index (χ3v) is 6.75. The van der Waals surface area contributed by atoms with Crippen LogP contribution in [-0.2, 0) is 20.0 Å². The molecular weight excluding hydrogens is 442 g/mol. The molecule has 0 aliphatic carbocycles. The molecule has 12 heteroatoms. The fourth-order valence-corrected chi connectivity index (χ4v) is 3.93. The number of nitrogens with zero attached hydrogens (tertiary/aromatic N) is 3. The summed E-state index contributed by atoms with van der Waals surface area (Å²) in [6.07, 6.45) is 3.91. The van der Waals surface area contributed by atoms with E-state index in [0.29, 0.717) is 16.9 Å². The van der Waals surface area contributed by atoms with Gasteiger partial charge < -0.3 is 5.32 Å². The summed E-state index contributed by atoms with van der Waals surface area (Å²) in [6.45, 7) is 0. The number of anilines is 3. The Kier molecular flexibility index (Phi) is 6.22. The first-order valence-corrected chi connectivity index (χ1v) is 12.1. The van der Waals surface area contributed by atoms with Crippen molar-refractivity contribution in [2.45, 2.75) is 4.90 Å². The summed E-state index contributed by atoms with van der Waals surface area (Å²) in [6, 6.07) is 13.2. The highest BCUT2D eigenvalue weighted by Crippen LogP contribution is 2.19. The number of aromatic nitrogens is 2. The molecule has 0 unspecified atom stereocenters. The molecule has 2 N–H and O–H groups in total. The van der Waals surface area contributed by atoms with E-state index in [-0.39, 0.29) is 10.8 Å². The monoisotopic (exact) mass is 461 g/mol. The maximum Gasteiger partial charge on any atom is 0.264 e. The summed E-state index contributed by atoms with van der Waals surface area (Å²) in [5.74, 6) is -0.482. The van der Waals surface area contributed by atoms with Gasteiger partial charge in [0.15, 0.2) is 0 Å². The zero-order valence-corrected chi connectivity index (χ0v) is 18.2. The lowest BCUT2D eigenvalue weighted by Crippen LogP contribution is -2.24. The van der Waals surface area contributed by atoms with Crippen LogP contribution in [0.3, 0.4) is 0 Å². The molecule has 0 aliphatic rings. The number of hydrogen-bond acceptors (Lipinski definition) is 7. The largest absolute Gasteiger partial charge is 0.322 e. The molecule has 2 aromatic carbocycles. The van der Waals surface area contributed by atoms with Crippen molar-refractivity contribution in [3.63, 3.8) is 0 Å². The summed E-state index contributed by atoms with van der Waals surface area (Å²) in [5, 5.41) is 2.65. The van der Waals surface area contributed by atoms with Gasteiger partial charge in [0.2, 0.25) is 16.0 Å². The first kappa shape index (κ1) is 22.2. The second kappa shape index (κ2) is 8.70. The zero-order valence-electron chi connectivity index (χ0n) is 16.6. The van der Waals surface area contributed by atoms with E-state index in [4.69, 9.17) is 0 Å². The Morgan fingerprint density at radius 2 is 1.48 bits per heavy atom. The Hall–Kier alpha value is -3.51. The second-order valence-corrected chi connectivity index (χ2v) is 10.1. The minimum atomic E-state index is -3.88. The van der Waals surface area contributed by atoms with Crippen molar-refractivity contribution < 1.29 is 21.6 Å². The van der Waals surface area contributed by atoms with Crippen LogP contribution in [-0.4, -0.2) is 46.0 Å². The molecule has 0 saturated heterocycles. The topological polar surface area (TPSA) is 138 Å². The van der Waals surface area contributed by atoms with Crippen molar-refractivity contribution in [3.8, 4) is 0 Å². The van der Waals surface area contributed by atoms with Crippen molar-refractivity contribution in [2.75, 3.05) is 27.6 Å². The second-order valence-electron chi connectivity index (χ2n) is 6.43. The van der Waals surface area contributed by atoms with E-state index in [0.717, 1.165) is 10.6 Å². The number of sulfonamides is 2. The number of carbonyl (C=O) groups excluding carboxylic acids is 1. The SMILES string of the molecule is CN(c1ccc(C(=O)Nc2ccc(S(=O)(=O)Nc3ncccn3)cc2)cc1)S(C)(=O)=O. The van der Waals surface area contributed by atoms with Gasteiger partial charge in [0.25, 0.3) is 15.9 Å². The van der Waals surface area contributed by atoms with E-state index >= 15 is 0 Å². The summed E-state index contributed by atoms with van der Waals surface area (Å²) in [7, 11) is -5.86. The molecule has 0 aliphatic heterocycles. The van der Waals surface area contributed by atoms with Gasteiger partial charge in [-0.1, -0.05) is 0 Å². The first-order valence-electron chi connectivity index (χ1n) is 8.81. The minimum absolute atomic E-state index is 0.0221. The fourth-order valence-electron chi connectivity index (χ4n) is 2.47. The van der Waals surface area contributed by atoms with Crippen LogP contribution in [0.15, 0.2) is 71.9 Å². The Morgan fingerprint density at radius 1 is 0.903 bits per heavy atom. The maximum absolute atomic E-state index is 12.4. The van der Waals surface area contributed by atoms with Gasteiger partial charge in [0, 0.05) is 30.7 Å². The lowest BCUT2D eigenvalue weighted by atomic mass is 10.2. The van der Waals surface area contributed by atoms with Crippen molar-refractivity contribution in [3.05, 3.63) is 72.6 Å². The van der Waals surface area contributed by atoms with Crippen LogP contribution >= 0.6 is 0 Å². The van der Waals surface area contributed by atoms with Gasteiger partial charge in [0.1, 0.15) is 0 Å². The van der Waals surface area contributed by atoms with Gasteiger partial charge >= 0.3 is 0 Å².